The molecule has 2 aromatic carbocycles. The third-order valence-corrected chi connectivity index (χ3v) is 4.35. The average molecular weight is 304 g/mol. The molecular formula is C20H20N2O. The van der Waals surface area contributed by atoms with Crippen molar-refractivity contribution in [2.24, 2.45) is 0 Å². The maximum Gasteiger partial charge on any atom is 0.119 e. The number of hydrogen-bond acceptors (Lipinski definition) is 3. The molecule has 0 amide bonds. The average Bonchev–Trinajstić information content (AvgIpc) is 3.05. The molecule has 4 rings (SSSR count). The number of rotatable bonds is 4. The van der Waals surface area contributed by atoms with Crippen LogP contribution in [-0.4, -0.2) is 11.6 Å². The molecule has 1 N–H and O–H groups in total. The number of nitrogens with one attached hydrogen (secondary N) is 1. The predicted octanol–water partition coefficient (Wildman–Crippen LogP) is 4.87. The fraction of sp³-hybridized carbons (Fsp3) is 0.250. The number of fused-ring (bicyclic) bond motifs is 2. The van der Waals surface area contributed by atoms with E-state index in [-0.39, 0.29) is 0 Å². The van der Waals surface area contributed by atoms with E-state index in [9.17, 15) is 0 Å². The molecule has 0 bridgehead atoms. The minimum atomic E-state index is 0.690. The summed E-state index contributed by atoms with van der Waals surface area (Å²) in [6.07, 6.45) is 3.38. The lowest BCUT2D eigenvalue weighted by atomic mass is 10.1. The number of aryl methyl sites for hydroxylation is 1. The molecule has 0 radical (unpaired) electrons. The monoisotopic (exact) mass is 304 g/mol. The molecule has 0 atom stereocenters. The Morgan fingerprint density at radius 1 is 1.04 bits per heavy atom. The van der Waals surface area contributed by atoms with Crippen molar-refractivity contribution in [1.82, 2.24) is 4.98 Å². The first-order valence-electron chi connectivity index (χ1n) is 8.25. The van der Waals surface area contributed by atoms with E-state index in [1.807, 2.05) is 19.1 Å². The van der Waals surface area contributed by atoms with Gasteiger partial charge in [0.25, 0.3) is 0 Å². The Kier molecular flexibility index (Phi) is 3.62. The third-order valence-electron chi connectivity index (χ3n) is 4.35. The van der Waals surface area contributed by atoms with Crippen LogP contribution in [-0.2, 0) is 12.8 Å². The summed E-state index contributed by atoms with van der Waals surface area (Å²) in [4.78, 5) is 4.84. The first-order chi connectivity index (χ1) is 11.3. The molecule has 1 aromatic heterocycles. The normalized spacial score (nSPS) is 13.1. The van der Waals surface area contributed by atoms with E-state index in [1.54, 1.807) is 0 Å². The van der Waals surface area contributed by atoms with Crippen LogP contribution in [0.1, 0.15) is 24.6 Å². The minimum absolute atomic E-state index is 0.690. The Morgan fingerprint density at radius 3 is 2.70 bits per heavy atom. The fourth-order valence-corrected chi connectivity index (χ4v) is 3.30. The predicted molar refractivity (Wildman–Crippen MR) is 94.7 cm³/mol. The van der Waals surface area contributed by atoms with Crippen molar-refractivity contribution in [3.63, 3.8) is 0 Å². The van der Waals surface area contributed by atoms with Crippen LogP contribution >= 0.6 is 0 Å². The number of anilines is 2. The molecule has 1 heterocycles. The molecule has 3 heteroatoms. The highest BCUT2D eigenvalue weighted by Crippen LogP contribution is 2.36. The van der Waals surface area contributed by atoms with Crippen LogP contribution in [0.4, 0.5) is 11.4 Å². The summed E-state index contributed by atoms with van der Waals surface area (Å²) in [7, 11) is 0. The summed E-state index contributed by atoms with van der Waals surface area (Å²) < 4.78 is 5.52. The van der Waals surface area contributed by atoms with Crippen molar-refractivity contribution >= 4 is 22.3 Å². The van der Waals surface area contributed by atoms with Crippen LogP contribution in [0.25, 0.3) is 10.9 Å². The van der Waals surface area contributed by atoms with Gasteiger partial charge in [0.2, 0.25) is 0 Å². The number of pyridine rings is 1. The van der Waals surface area contributed by atoms with Crippen LogP contribution in [0.15, 0.2) is 48.5 Å². The summed E-state index contributed by atoms with van der Waals surface area (Å²) in [6, 6.07) is 16.5. The van der Waals surface area contributed by atoms with Gasteiger partial charge >= 0.3 is 0 Å². The van der Waals surface area contributed by atoms with Crippen molar-refractivity contribution in [3.05, 3.63) is 59.8 Å². The van der Waals surface area contributed by atoms with Gasteiger partial charge in [-0.1, -0.05) is 18.2 Å². The molecule has 3 nitrogen and oxygen atoms in total. The number of para-hydroxylation sites is 1. The summed E-state index contributed by atoms with van der Waals surface area (Å²) in [5, 5.41) is 4.82. The Balaban J connectivity index is 1.76. The van der Waals surface area contributed by atoms with E-state index in [4.69, 9.17) is 9.72 Å². The van der Waals surface area contributed by atoms with E-state index in [1.165, 1.54) is 28.8 Å². The highest BCUT2D eigenvalue weighted by atomic mass is 16.5. The van der Waals surface area contributed by atoms with Gasteiger partial charge in [-0.25, -0.2) is 0 Å². The standard InChI is InChI=1S/C20H20N2O/c1-2-23-15-12-10-14(11-13-15)21-20-16-6-3-4-8-18(16)22-19-9-5-7-17(19)20/h3-4,6,8,10-13H,2,5,7,9H2,1H3,(H,21,22). The Morgan fingerprint density at radius 2 is 1.87 bits per heavy atom. The van der Waals surface area contributed by atoms with Gasteiger partial charge in [-0.05, 0) is 62.1 Å². The molecule has 0 spiro atoms. The van der Waals surface area contributed by atoms with Crippen molar-refractivity contribution in [2.75, 3.05) is 11.9 Å². The van der Waals surface area contributed by atoms with Gasteiger partial charge in [0, 0.05) is 16.8 Å². The first-order valence-corrected chi connectivity index (χ1v) is 8.25. The summed E-state index contributed by atoms with van der Waals surface area (Å²) >= 11 is 0. The van der Waals surface area contributed by atoms with Gasteiger partial charge in [-0.3, -0.25) is 4.98 Å². The highest BCUT2D eigenvalue weighted by Gasteiger charge is 2.19. The molecule has 0 unspecified atom stereocenters. The lowest BCUT2D eigenvalue weighted by Crippen LogP contribution is -2.00. The van der Waals surface area contributed by atoms with Crippen molar-refractivity contribution in [1.29, 1.82) is 0 Å². The Hall–Kier alpha value is -2.55. The second-order valence-corrected chi connectivity index (χ2v) is 5.87. The minimum Gasteiger partial charge on any atom is -0.494 e. The number of aromatic nitrogens is 1. The van der Waals surface area contributed by atoms with Crippen LogP contribution in [0, 0.1) is 0 Å². The highest BCUT2D eigenvalue weighted by molar-refractivity contribution is 5.95. The fourth-order valence-electron chi connectivity index (χ4n) is 3.30. The summed E-state index contributed by atoms with van der Waals surface area (Å²) in [5.41, 5.74) is 5.99. The van der Waals surface area contributed by atoms with Crippen molar-refractivity contribution < 1.29 is 4.74 Å². The number of nitrogens with zero attached hydrogens (tertiary/aromatic N) is 1. The van der Waals surface area contributed by atoms with Gasteiger partial charge in [-0.2, -0.15) is 0 Å². The smallest absolute Gasteiger partial charge is 0.119 e. The molecule has 0 fully saturated rings. The zero-order chi connectivity index (χ0) is 15.6. The molecule has 3 aromatic rings. The molecule has 1 aliphatic carbocycles. The quantitative estimate of drug-likeness (QED) is 0.747. The first kappa shape index (κ1) is 14.1. The van der Waals surface area contributed by atoms with Crippen LogP contribution < -0.4 is 10.1 Å². The SMILES string of the molecule is CCOc1ccc(Nc2c3c(nc4ccccc24)CCC3)cc1. The number of ether oxygens (including phenoxy) is 1. The number of hydrogen-bond donors (Lipinski definition) is 1. The van der Waals surface area contributed by atoms with Crippen LogP contribution in [0.5, 0.6) is 5.75 Å². The molecule has 1 aliphatic rings. The Labute approximate surface area is 136 Å². The largest absolute Gasteiger partial charge is 0.494 e. The zero-order valence-corrected chi connectivity index (χ0v) is 13.3. The molecule has 116 valence electrons. The topological polar surface area (TPSA) is 34.1 Å². The van der Waals surface area contributed by atoms with E-state index in [0.29, 0.717) is 6.61 Å². The van der Waals surface area contributed by atoms with Crippen molar-refractivity contribution in [3.8, 4) is 5.75 Å². The van der Waals surface area contributed by atoms with Gasteiger partial charge in [0.05, 0.1) is 17.8 Å². The molecule has 0 saturated carbocycles. The lowest BCUT2D eigenvalue weighted by Gasteiger charge is -2.15. The van der Waals surface area contributed by atoms with E-state index in [2.05, 4.69) is 41.7 Å². The van der Waals surface area contributed by atoms with E-state index >= 15 is 0 Å². The van der Waals surface area contributed by atoms with E-state index in [0.717, 1.165) is 29.8 Å². The Bertz CT molecular complexity index is 840. The maximum atomic E-state index is 5.52. The molecular weight excluding hydrogens is 284 g/mol. The van der Waals surface area contributed by atoms with Gasteiger partial charge in [0.15, 0.2) is 0 Å². The summed E-state index contributed by atoms with van der Waals surface area (Å²) in [6.45, 7) is 2.69. The third kappa shape index (κ3) is 2.63. The maximum absolute atomic E-state index is 5.52. The molecule has 0 aliphatic heterocycles. The summed E-state index contributed by atoms with van der Waals surface area (Å²) in [5.74, 6) is 0.905. The van der Waals surface area contributed by atoms with Gasteiger partial charge in [0.1, 0.15) is 5.75 Å². The number of benzene rings is 2. The lowest BCUT2D eigenvalue weighted by molar-refractivity contribution is 0.340. The molecule has 0 saturated heterocycles. The van der Waals surface area contributed by atoms with Gasteiger partial charge in [-0.15, -0.1) is 0 Å². The van der Waals surface area contributed by atoms with Crippen LogP contribution in [0.3, 0.4) is 0 Å². The van der Waals surface area contributed by atoms with E-state index < -0.39 is 0 Å². The van der Waals surface area contributed by atoms with Crippen LogP contribution in [0.2, 0.25) is 0 Å². The second-order valence-electron chi connectivity index (χ2n) is 5.87. The zero-order valence-electron chi connectivity index (χ0n) is 13.3. The second kappa shape index (κ2) is 5.92. The molecule has 23 heavy (non-hydrogen) atoms. The van der Waals surface area contributed by atoms with Crippen molar-refractivity contribution in [2.45, 2.75) is 26.2 Å². The van der Waals surface area contributed by atoms with Gasteiger partial charge < -0.3 is 10.1 Å².